The van der Waals surface area contributed by atoms with Crippen molar-refractivity contribution in [1.29, 1.82) is 0 Å². The van der Waals surface area contributed by atoms with E-state index in [1.54, 1.807) is 6.33 Å². The summed E-state index contributed by atoms with van der Waals surface area (Å²) in [6, 6.07) is 0. The Hall–Kier alpha value is -2.03. The Kier molecular flexibility index (Phi) is 7.44. The van der Waals surface area contributed by atoms with Crippen molar-refractivity contribution < 1.29 is 13.6 Å². The molecule has 0 unspecified atom stereocenters. The molecule has 3 heterocycles. The number of imidazole rings is 1. The van der Waals surface area contributed by atoms with Crippen LogP contribution in [0.1, 0.15) is 47.8 Å². The maximum absolute atomic E-state index is 9.06. The van der Waals surface area contributed by atoms with E-state index in [4.69, 9.17) is 24.9 Å². The monoisotopic (exact) mass is 520 g/mol. The molecule has 0 saturated carbocycles. The van der Waals surface area contributed by atoms with Gasteiger partial charge in [-0.3, -0.25) is 4.57 Å². The maximum atomic E-state index is 9.06. The summed E-state index contributed by atoms with van der Waals surface area (Å²) in [7, 11) is -4.51. The molecular formula is C22H40N8O3Si2. The van der Waals surface area contributed by atoms with E-state index in [2.05, 4.69) is 92.7 Å². The van der Waals surface area contributed by atoms with Gasteiger partial charge in [0.25, 0.3) is 0 Å². The van der Waals surface area contributed by atoms with E-state index in [-0.39, 0.29) is 16.6 Å². The van der Waals surface area contributed by atoms with Gasteiger partial charge in [0.1, 0.15) is 24.1 Å². The van der Waals surface area contributed by atoms with Crippen LogP contribution in [0.2, 0.25) is 36.3 Å². The summed E-state index contributed by atoms with van der Waals surface area (Å²) in [5, 5.41) is 3.78. The van der Waals surface area contributed by atoms with Gasteiger partial charge in [-0.2, -0.15) is 0 Å². The van der Waals surface area contributed by atoms with Crippen molar-refractivity contribution in [3.63, 3.8) is 0 Å². The number of nitrogens with two attached hydrogens (primary N) is 1. The SMILES string of the molecule is CC(C)(C)[Si](C)(C)O[C@@H]1[C@H](O[Si](C)(C)C(C)(C)C)[C@@H](CN=[N+]=[N-])O[C@H]1n1cnc2c(N)ncnc21. The topological polar surface area (TPSA) is 146 Å². The van der Waals surface area contributed by atoms with Crippen LogP contribution in [0.3, 0.4) is 0 Å². The molecule has 2 N–H and O–H groups in total. The smallest absolute Gasteiger partial charge is 0.192 e. The van der Waals surface area contributed by atoms with E-state index in [0.717, 1.165) is 0 Å². The Balaban J connectivity index is 2.15. The van der Waals surface area contributed by atoms with Gasteiger partial charge in [0, 0.05) is 4.91 Å². The van der Waals surface area contributed by atoms with Crippen LogP contribution in [0, 0.1) is 0 Å². The number of fused-ring (bicyclic) bond motifs is 1. The number of azide groups is 1. The summed E-state index contributed by atoms with van der Waals surface area (Å²) in [5.41, 5.74) is 16.2. The first kappa shape index (κ1) is 27.6. The van der Waals surface area contributed by atoms with Crippen LogP contribution in [0.15, 0.2) is 17.8 Å². The average Bonchev–Trinajstić information content (AvgIpc) is 3.27. The highest BCUT2D eigenvalue weighted by Crippen LogP contribution is 2.46. The molecule has 35 heavy (non-hydrogen) atoms. The molecule has 0 bridgehead atoms. The average molecular weight is 521 g/mol. The normalized spacial score (nSPS) is 24.1. The molecule has 0 spiro atoms. The number of rotatable bonds is 7. The van der Waals surface area contributed by atoms with Gasteiger partial charge >= 0.3 is 0 Å². The third kappa shape index (κ3) is 5.39. The summed E-state index contributed by atoms with van der Waals surface area (Å²) in [4.78, 5) is 15.9. The van der Waals surface area contributed by atoms with Crippen molar-refractivity contribution in [3.05, 3.63) is 23.1 Å². The number of anilines is 1. The fourth-order valence-electron chi connectivity index (χ4n) is 3.55. The first-order valence-electron chi connectivity index (χ1n) is 11.9. The van der Waals surface area contributed by atoms with Crippen LogP contribution in [0.4, 0.5) is 5.82 Å². The zero-order valence-corrected chi connectivity index (χ0v) is 24.6. The first-order chi connectivity index (χ1) is 16.0. The minimum absolute atomic E-state index is 0.0287. The molecule has 13 heteroatoms. The van der Waals surface area contributed by atoms with Crippen molar-refractivity contribution in [2.75, 3.05) is 12.3 Å². The number of nitrogens with zero attached hydrogens (tertiary/aromatic N) is 7. The zero-order valence-electron chi connectivity index (χ0n) is 22.6. The molecular weight excluding hydrogens is 480 g/mol. The largest absolute Gasteiger partial charge is 0.408 e. The van der Waals surface area contributed by atoms with Crippen LogP contribution < -0.4 is 5.73 Å². The molecule has 1 aliphatic heterocycles. The van der Waals surface area contributed by atoms with Gasteiger partial charge in [0.05, 0.1) is 19.0 Å². The van der Waals surface area contributed by atoms with Crippen molar-refractivity contribution >= 4 is 33.6 Å². The Morgan fingerprint density at radius 1 is 1.03 bits per heavy atom. The second kappa shape index (κ2) is 9.45. The fourth-order valence-corrected chi connectivity index (χ4v) is 6.16. The quantitative estimate of drug-likeness (QED) is 0.222. The van der Waals surface area contributed by atoms with Crippen molar-refractivity contribution in [2.24, 2.45) is 5.11 Å². The Bertz CT molecular complexity index is 1100. The lowest BCUT2D eigenvalue weighted by molar-refractivity contribution is -0.0286. The minimum Gasteiger partial charge on any atom is -0.408 e. The predicted molar refractivity (Wildman–Crippen MR) is 142 cm³/mol. The summed E-state index contributed by atoms with van der Waals surface area (Å²) in [6.45, 7) is 22.1. The summed E-state index contributed by atoms with van der Waals surface area (Å²) >= 11 is 0. The van der Waals surface area contributed by atoms with Gasteiger partial charge < -0.3 is 19.3 Å². The lowest BCUT2D eigenvalue weighted by Crippen LogP contribution is -2.53. The highest BCUT2D eigenvalue weighted by atomic mass is 28.4. The van der Waals surface area contributed by atoms with Crippen LogP contribution in [0.5, 0.6) is 0 Å². The van der Waals surface area contributed by atoms with Crippen molar-refractivity contribution in [3.8, 4) is 0 Å². The van der Waals surface area contributed by atoms with Crippen molar-refractivity contribution in [1.82, 2.24) is 19.5 Å². The number of hydrogen-bond donors (Lipinski definition) is 1. The molecule has 1 saturated heterocycles. The Morgan fingerprint density at radius 2 is 1.60 bits per heavy atom. The number of hydrogen-bond acceptors (Lipinski definition) is 8. The molecule has 1 fully saturated rings. The number of ether oxygens (including phenoxy) is 1. The van der Waals surface area contributed by atoms with E-state index < -0.39 is 41.2 Å². The third-order valence-electron chi connectivity index (χ3n) is 7.75. The molecule has 0 radical (unpaired) electrons. The van der Waals surface area contributed by atoms with Gasteiger partial charge in [-0.05, 0) is 41.8 Å². The second-order valence-corrected chi connectivity index (χ2v) is 21.8. The van der Waals surface area contributed by atoms with Gasteiger partial charge in [-0.15, -0.1) is 0 Å². The third-order valence-corrected chi connectivity index (χ3v) is 16.7. The highest BCUT2D eigenvalue weighted by Gasteiger charge is 2.54. The van der Waals surface area contributed by atoms with Gasteiger partial charge in [0.2, 0.25) is 0 Å². The molecule has 11 nitrogen and oxygen atoms in total. The van der Waals surface area contributed by atoms with E-state index >= 15 is 0 Å². The van der Waals surface area contributed by atoms with Gasteiger partial charge in [-0.25, -0.2) is 15.0 Å². The molecule has 0 amide bonds. The zero-order chi connectivity index (χ0) is 26.4. The summed E-state index contributed by atoms with van der Waals surface area (Å²) in [6.07, 6.45) is 1.10. The first-order valence-corrected chi connectivity index (χ1v) is 17.8. The lowest BCUT2D eigenvalue weighted by Gasteiger charge is -2.44. The van der Waals surface area contributed by atoms with Crippen LogP contribution in [-0.4, -0.2) is 61.0 Å². The van der Waals surface area contributed by atoms with Crippen LogP contribution >= 0.6 is 0 Å². The van der Waals surface area contributed by atoms with E-state index in [0.29, 0.717) is 17.0 Å². The van der Waals surface area contributed by atoms with E-state index in [1.807, 2.05) is 4.57 Å². The summed E-state index contributed by atoms with van der Waals surface area (Å²) < 4.78 is 22.3. The number of aromatic nitrogens is 4. The Labute approximate surface area is 209 Å². The maximum Gasteiger partial charge on any atom is 0.192 e. The minimum atomic E-state index is -2.27. The molecule has 194 valence electrons. The van der Waals surface area contributed by atoms with E-state index in [1.165, 1.54) is 6.33 Å². The van der Waals surface area contributed by atoms with Gasteiger partial charge in [0.15, 0.2) is 34.3 Å². The van der Waals surface area contributed by atoms with E-state index in [9.17, 15) is 0 Å². The molecule has 0 aromatic carbocycles. The molecule has 0 aliphatic carbocycles. The van der Waals surface area contributed by atoms with Crippen molar-refractivity contribution in [2.45, 2.75) is 102 Å². The van der Waals surface area contributed by atoms with Crippen LogP contribution in [0.25, 0.3) is 21.6 Å². The lowest BCUT2D eigenvalue weighted by atomic mass is 10.1. The molecule has 3 rings (SSSR count). The molecule has 1 aliphatic rings. The molecule has 4 atom stereocenters. The highest BCUT2D eigenvalue weighted by molar-refractivity contribution is 6.74. The fraction of sp³-hybridized carbons (Fsp3) is 0.773. The molecule has 2 aromatic rings. The standard InChI is InChI=1S/C22H40N8O3Si2/c1-21(2,3)34(7,8)32-16-14(11-28-29-24)31-20(17(16)33-35(9,10)22(4,5)6)30-13-27-15-18(23)25-12-26-19(15)30/h12-14,16-17,20H,11H2,1-10H3,(H2,23,25,26)/t14-,16-,17-,20-/m1/s1. The summed E-state index contributed by atoms with van der Waals surface area (Å²) in [5.74, 6) is 0.299. The van der Waals surface area contributed by atoms with Gasteiger partial charge in [-0.1, -0.05) is 46.7 Å². The Morgan fingerprint density at radius 3 is 2.14 bits per heavy atom. The second-order valence-electron chi connectivity index (χ2n) is 12.2. The number of nitrogen functional groups attached to an aromatic ring is 1. The van der Waals surface area contributed by atoms with Crippen LogP contribution in [-0.2, 0) is 13.6 Å². The molecule has 2 aromatic heterocycles. The predicted octanol–water partition coefficient (Wildman–Crippen LogP) is 5.40.